The van der Waals surface area contributed by atoms with Crippen LogP contribution in [-0.2, 0) is 0 Å². The van der Waals surface area contributed by atoms with E-state index in [1.165, 1.54) is 25.3 Å². The molecule has 0 aliphatic carbocycles. The van der Waals surface area contributed by atoms with Crippen molar-refractivity contribution in [2.75, 3.05) is 0 Å². The van der Waals surface area contributed by atoms with Crippen LogP contribution in [0, 0.1) is 0 Å². The first kappa shape index (κ1) is 13.4. The summed E-state index contributed by atoms with van der Waals surface area (Å²) in [7, 11) is -2.11. The molecule has 0 aliphatic heterocycles. The Balaban J connectivity index is 3.80. The molecule has 1 N–H and O–H groups in total. The van der Waals surface area contributed by atoms with Crippen molar-refractivity contribution >= 4 is 16.5 Å². The van der Waals surface area contributed by atoms with Crippen LogP contribution in [0.2, 0.25) is 38.8 Å². The molecule has 13 heavy (non-hydrogen) atoms. The first-order valence-corrected chi connectivity index (χ1v) is 12.3. The highest BCUT2D eigenvalue weighted by Crippen LogP contribution is 2.14. The van der Waals surface area contributed by atoms with E-state index in [4.69, 9.17) is 0 Å². The summed E-state index contributed by atoms with van der Waals surface area (Å²) in [5, 5.41) is 0. The van der Waals surface area contributed by atoms with E-state index >= 15 is 0 Å². The number of nitrogens with one attached hydrogen (secondary N) is 1. The van der Waals surface area contributed by atoms with Crippen LogP contribution in [0.4, 0.5) is 0 Å². The van der Waals surface area contributed by atoms with Gasteiger partial charge in [-0.1, -0.05) is 58.9 Å². The maximum Gasteiger partial charge on any atom is 0.112 e. The molecule has 0 radical (unpaired) electrons. The Morgan fingerprint density at radius 2 is 1.46 bits per heavy atom. The smallest absolute Gasteiger partial charge is 0.112 e. The molecule has 0 aliphatic rings. The van der Waals surface area contributed by atoms with Crippen LogP contribution in [0.25, 0.3) is 0 Å². The van der Waals surface area contributed by atoms with Crippen molar-refractivity contribution < 1.29 is 0 Å². The molecule has 1 nitrogen and oxygen atoms in total. The van der Waals surface area contributed by atoms with Gasteiger partial charge in [0, 0.05) is 0 Å². The molecule has 0 fully saturated rings. The number of hydrogen-bond donors (Lipinski definition) is 1. The van der Waals surface area contributed by atoms with Crippen molar-refractivity contribution in [3.63, 3.8) is 0 Å². The molecule has 0 aromatic heterocycles. The highest BCUT2D eigenvalue weighted by molar-refractivity contribution is 6.90. The van der Waals surface area contributed by atoms with Gasteiger partial charge in [0.15, 0.2) is 0 Å². The first-order valence-electron chi connectivity index (χ1n) is 5.56. The normalized spacial score (nSPS) is 13.4. The maximum atomic E-state index is 3.93. The van der Waals surface area contributed by atoms with Gasteiger partial charge in [0.25, 0.3) is 0 Å². The topological polar surface area (TPSA) is 12.0 Å². The molecule has 0 aromatic rings. The molecule has 3 heteroatoms. The molecule has 0 atom stereocenters. The average molecular weight is 218 g/mol. The van der Waals surface area contributed by atoms with E-state index in [1.807, 2.05) is 0 Å². The summed E-state index contributed by atoms with van der Waals surface area (Å²) in [4.78, 5) is 0. The van der Waals surface area contributed by atoms with Crippen molar-refractivity contribution in [3.05, 3.63) is 0 Å². The zero-order valence-electron chi connectivity index (χ0n) is 10.3. The minimum atomic E-state index is -1.06. The van der Waals surface area contributed by atoms with E-state index in [-0.39, 0.29) is 0 Å². The Kier molecular flexibility index (Phi) is 5.48. The third-order valence-corrected chi connectivity index (χ3v) is 9.43. The standard InChI is InChI=1S/C10H27NSi2/c1-7-8-9-10-13(5,6)11-12(2,3)4/h11H,7-10H2,1-6H3. The summed E-state index contributed by atoms with van der Waals surface area (Å²) in [6.45, 7) is 14.4. The van der Waals surface area contributed by atoms with E-state index in [2.05, 4.69) is 44.3 Å². The van der Waals surface area contributed by atoms with Gasteiger partial charge in [0.1, 0.15) is 16.5 Å². The van der Waals surface area contributed by atoms with Crippen LogP contribution in [0.1, 0.15) is 26.2 Å². The molecular formula is C10H27NSi2. The van der Waals surface area contributed by atoms with Gasteiger partial charge >= 0.3 is 0 Å². The van der Waals surface area contributed by atoms with Gasteiger partial charge in [-0.3, -0.25) is 0 Å². The maximum absolute atomic E-state index is 3.93. The fourth-order valence-corrected chi connectivity index (χ4v) is 11.6. The Bertz CT molecular complexity index is 138. The van der Waals surface area contributed by atoms with E-state index in [9.17, 15) is 0 Å². The third-order valence-electron chi connectivity index (χ3n) is 2.12. The van der Waals surface area contributed by atoms with Gasteiger partial charge in [0.2, 0.25) is 0 Å². The fraction of sp³-hybridized carbons (Fsp3) is 1.00. The lowest BCUT2D eigenvalue weighted by molar-refractivity contribution is 0.759. The first-order chi connectivity index (χ1) is 5.77. The summed E-state index contributed by atoms with van der Waals surface area (Å²) in [6.07, 6.45) is 4.18. The van der Waals surface area contributed by atoms with Gasteiger partial charge < -0.3 is 4.65 Å². The molecule has 0 saturated carbocycles. The fourth-order valence-electron chi connectivity index (χ4n) is 1.89. The van der Waals surface area contributed by atoms with Crippen LogP contribution >= 0.6 is 0 Å². The van der Waals surface area contributed by atoms with Crippen molar-refractivity contribution in [2.45, 2.75) is 65.0 Å². The lowest BCUT2D eigenvalue weighted by atomic mass is 10.3. The zero-order chi connectivity index (χ0) is 10.5. The molecule has 0 amide bonds. The summed E-state index contributed by atoms with van der Waals surface area (Å²) in [6, 6.07) is 1.45. The highest BCUT2D eigenvalue weighted by atomic mass is 28.4. The van der Waals surface area contributed by atoms with Gasteiger partial charge in [-0.15, -0.1) is 0 Å². The Labute approximate surface area is 86.5 Å². The predicted octanol–water partition coefficient (Wildman–Crippen LogP) is 3.81. The van der Waals surface area contributed by atoms with E-state index < -0.39 is 16.5 Å². The number of rotatable bonds is 6. The van der Waals surface area contributed by atoms with Crippen LogP contribution in [0.3, 0.4) is 0 Å². The molecule has 0 bridgehead atoms. The average Bonchev–Trinajstić information content (AvgIpc) is 1.81. The van der Waals surface area contributed by atoms with Gasteiger partial charge in [-0.25, -0.2) is 0 Å². The molecule has 0 saturated heterocycles. The number of hydrogen-bond acceptors (Lipinski definition) is 1. The van der Waals surface area contributed by atoms with E-state index in [0.717, 1.165) is 0 Å². The summed E-state index contributed by atoms with van der Waals surface area (Å²) >= 11 is 0. The summed E-state index contributed by atoms with van der Waals surface area (Å²) in [5.41, 5.74) is 0. The molecule has 0 unspecified atom stereocenters. The highest BCUT2D eigenvalue weighted by Gasteiger charge is 2.26. The minimum absolute atomic E-state index is 1.04. The van der Waals surface area contributed by atoms with Gasteiger partial charge in [0.05, 0.1) is 0 Å². The Morgan fingerprint density at radius 3 is 1.85 bits per heavy atom. The van der Waals surface area contributed by atoms with Crippen molar-refractivity contribution in [2.24, 2.45) is 0 Å². The number of unbranched alkanes of at least 4 members (excludes halogenated alkanes) is 2. The molecule has 0 spiro atoms. The quantitative estimate of drug-likeness (QED) is 0.527. The molecule has 80 valence electrons. The molecule has 0 aromatic carbocycles. The van der Waals surface area contributed by atoms with Crippen molar-refractivity contribution in [3.8, 4) is 0 Å². The predicted molar refractivity (Wildman–Crippen MR) is 68.3 cm³/mol. The van der Waals surface area contributed by atoms with E-state index in [0.29, 0.717) is 0 Å². The van der Waals surface area contributed by atoms with Crippen molar-refractivity contribution in [1.29, 1.82) is 0 Å². The van der Waals surface area contributed by atoms with Gasteiger partial charge in [-0.2, -0.15) is 0 Å². The second-order valence-corrected chi connectivity index (χ2v) is 15.5. The second-order valence-electron chi connectivity index (χ2n) is 5.72. The second kappa shape index (κ2) is 5.32. The SMILES string of the molecule is CCCCC[Si](C)(C)N[Si](C)(C)C. The Hall–Kier alpha value is 0.394. The van der Waals surface area contributed by atoms with E-state index in [1.54, 1.807) is 0 Å². The Morgan fingerprint density at radius 1 is 0.923 bits per heavy atom. The van der Waals surface area contributed by atoms with Crippen LogP contribution in [-0.4, -0.2) is 16.5 Å². The van der Waals surface area contributed by atoms with Crippen LogP contribution in [0.15, 0.2) is 0 Å². The van der Waals surface area contributed by atoms with Crippen molar-refractivity contribution in [1.82, 2.24) is 4.65 Å². The summed E-state index contributed by atoms with van der Waals surface area (Å²) < 4.78 is 3.93. The zero-order valence-corrected chi connectivity index (χ0v) is 12.3. The minimum Gasteiger partial charge on any atom is -0.360 e. The molecule has 0 rings (SSSR count). The molecular weight excluding hydrogens is 190 g/mol. The largest absolute Gasteiger partial charge is 0.360 e. The monoisotopic (exact) mass is 217 g/mol. The summed E-state index contributed by atoms with van der Waals surface area (Å²) in [5.74, 6) is 0. The molecule has 0 heterocycles. The lowest BCUT2D eigenvalue weighted by Gasteiger charge is -2.32. The third kappa shape index (κ3) is 8.72. The lowest BCUT2D eigenvalue weighted by Crippen LogP contribution is -2.57. The van der Waals surface area contributed by atoms with Crippen LogP contribution < -0.4 is 4.65 Å². The van der Waals surface area contributed by atoms with Gasteiger partial charge in [-0.05, 0) is 6.04 Å². The van der Waals surface area contributed by atoms with Crippen LogP contribution in [0.5, 0.6) is 0 Å².